The van der Waals surface area contributed by atoms with E-state index < -0.39 is 10.0 Å². The minimum Gasteiger partial charge on any atom is -0.381 e. The quantitative estimate of drug-likeness (QED) is 0.629. The number of rotatable bonds is 7. The Labute approximate surface area is 179 Å². The Morgan fingerprint density at radius 3 is 2.53 bits per heavy atom. The molecule has 1 aromatic rings. The van der Waals surface area contributed by atoms with Gasteiger partial charge in [0.25, 0.3) is 0 Å². The van der Waals surface area contributed by atoms with Gasteiger partial charge < -0.3 is 14.5 Å². The summed E-state index contributed by atoms with van der Waals surface area (Å²) in [5, 5.41) is 0. The van der Waals surface area contributed by atoms with Gasteiger partial charge in [-0.15, -0.1) is 0 Å². The van der Waals surface area contributed by atoms with E-state index in [1.54, 1.807) is 44.4 Å². The normalized spacial score (nSPS) is 20.8. The third-order valence-electron chi connectivity index (χ3n) is 5.96. The maximum atomic E-state index is 12.8. The zero-order chi connectivity index (χ0) is 21.7. The SMILES string of the molecule is CN(C)C(=O)N1CCC(N(CCN(C)S(=O)(=O)c2cccnc2)C2CCOCC2)C1. The number of urea groups is 1. The largest absolute Gasteiger partial charge is 0.381 e. The van der Waals surface area contributed by atoms with Crippen LogP contribution >= 0.6 is 0 Å². The van der Waals surface area contributed by atoms with E-state index in [4.69, 9.17) is 4.74 Å². The number of likely N-dealkylation sites (tertiary alicyclic amines) is 1. The third kappa shape index (κ3) is 5.29. The molecule has 3 rings (SSSR count). The van der Waals surface area contributed by atoms with E-state index in [0.717, 1.165) is 39.0 Å². The summed E-state index contributed by atoms with van der Waals surface area (Å²) < 4.78 is 32.6. The van der Waals surface area contributed by atoms with E-state index in [2.05, 4.69) is 9.88 Å². The second kappa shape index (κ2) is 10.0. The highest BCUT2D eigenvalue weighted by molar-refractivity contribution is 7.89. The maximum Gasteiger partial charge on any atom is 0.319 e. The lowest BCUT2D eigenvalue weighted by Gasteiger charge is -2.39. The van der Waals surface area contributed by atoms with Gasteiger partial charge in [0.15, 0.2) is 0 Å². The molecule has 1 unspecified atom stereocenters. The molecule has 0 bridgehead atoms. The molecule has 0 N–H and O–H groups in total. The minimum atomic E-state index is -3.58. The van der Waals surface area contributed by atoms with Crippen LogP contribution in [0.5, 0.6) is 0 Å². The van der Waals surface area contributed by atoms with Crippen molar-refractivity contribution in [2.45, 2.75) is 36.2 Å². The molecule has 2 amide bonds. The summed E-state index contributed by atoms with van der Waals surface area (Å²) in [5.74, 6) is 0. The lowest BCUT2D eigenvalue weighted by atomic mass is 10.0. The van der Waals surface area contributed by atoms with Crippen LogP contribution < -0.4 is 0 Å². The Morgan fingerprint density at radius 2 is 1.90 bits per heavy atom. The lowest BCUT2D eigenvalue weighted by molar-refractivity contribution is 0.0173. The van der Waals surface area contributed by atoms with Gasteiger partial charge in [0.05, 0.1) is 0 Å². The van der Waals surface area contributed by atoms with Crippen LogP contribution in [0.15, 0.2) is 29.4 Å². The van der Waals surface area contributed by atoms with Crippen LogP contribution in [0.25, 0.3) is 0 Å². The first-order valence-electron chi connectivity index (χ1n) is 10.5. The Bertz CT molecular complexity index is 799. The molecule has 9 nitrogen and oxygen atoms in total. The topological polar surface area (TPSA) is 86.3 Å². The number of hydrogen-bond acceptors (Lipinski definition) is 6. The Kier molecular flexibility index (Phi) is 7.67. The van der Waals surface area contributed by atoms with Gasteiger partial charge in [-0.2, -0.15) is 4.31 Å². The van der Waals surface area contributed by atoms with Crippen LogP contribution in [-0.2, 0) is 14.8 Å². The van der Waals surface area contributed by atoms with Crippen LogP contribution in [0.4, 0.5) is 4.79 Å². The average Bonchev–Trinajstić information content (AvgIpc) is 3.24. The molecule has 2 aliphatic heterocycles. The molecule has 0 spiro atoms. The van der Waals surface area contributed by atoms with Crippen LogP contribution in [-0.4, -0.2) is 111 Å². The van der Waals surface area contributed by atoms with Crippen LogP contribution in [0, 0.1) is 0 Å². The number of nitrogens with zero attached hydrogens (tertiary/aromatic N) is 5. The Balaban J connectivity index is 1.68. The van der Waals surface area contributed by atoms with Crippen molar-refractivity contribution in [3.63, 3.8) is 0 Å². The number of ether oxygens (including phenoxy) is 1. The highest BCUT2D eigenvalue weighted by atomic mass is 32.2. The van der Waals surface area contributed by atoms with Gasteiger partial charge in [-0.05, 0) is 31.4 Å². The smallest absolute Gasteiger partial charge is 0.319 e. The number of pyridine rings is 1. The first-order valence-corrected chi connectivity index (χ1v) is 11.9. The number of carbonyl (C=O) groups excluding carboxylic acids is 1. The van der Waals surface area contributed by atoms with Crippen molar-refractivity contribution in [3.05, 3.63) is 24.5 Å². The average molecular weight is 440 g/mol. The molecular weight excluding hydrogens is 406 g/mol. The van der Waals surface area contributed by atoms with Gasteiger partial charge in [0.2, 0.25) is 10.0 Å². The van der Waals surface area contributed by atoms with E-state index >= 15 is 0 Å². The highest BCUT2D eigenvalue weighted by Gasteiger charge is 2.35. The second-order valence-electron chi connectivity index (χ2n) is 8.16. The molecule has 1 aromatic heterocycles. The van der Waals surface area contributed by atoms with Gasteiger partial charge >= 0.3 is 6.03 Å². The molecule has 0 saturated carbocycles. The van der Waals surface area contributed by atoms with E-state index in [0.29, 0.717) is 25.7 Å². The molecule has 2 saturated heterocycles. The predicted molar refractivity (Wildman–Crippen MR) is 114 cm³/mol. The summed E-state index contributed by atoms with van der Waals surface area (Å²) in [7, 11) is 1.57. The second-order valence-corrected chi connectivity index (χ2v) is 10.2. The summed E-state index contributed by atoms with van der Waals surface area (Å²) in [6.45, 7) is 3.84. The van der Waals surface area contributed by atoms with Crippen molar-refractivity contribution < 1.29 is 17.9 Å². The molecule has 2 fully saturated rings. The molecule has 0 radical (unpaired) electrons. The van der Waals surface area contributed by atoms with Crippen LogP contribution in [0.2, 0.25) is 0 Å². The number of carbonyl (C=O) groups is 1. The molecule has 30 heavy (non-hydrogen) atoms. The molecule has 2 aliphatic rings. The number of likely N-dealkylation sites (N-methyl/N-ethyl adjacent to an activating group) is 1. The first-order chi connectivity index (χ1) is 14.3. The fraction of sp³-hybridized carbons (Fsp3) is 0.700. The Morgan fingerprint density at radius 1 is 1.17 bits per heavy atom. The van der Waals surface area contributed by atoms with Crippen molar-refractivity contribution in [2.75, 3.05) is 60.5 Å². The zero-order valence-corrected chi connectivity index (χ0v) is 18.9. The number of amides is 2. The molecule has 0 aliphatic carbocycles. The third-order valence-corrected chi connectivity index (χ3v) is 7.80. The van der Waals surface area contributed by atoms with Crippen molar-refractivity contribution in [3.8, 4) is 0 Å². The summed E-state index contributed by atoms with van der Waals surface area (Å²) in [5.41, 5.74) is 0. The first kappa shape index (κ1) is 22.9. The van der Waals surface area contributed by atoms with Crippen LogP contribution in [0.3, 0.4) is 0 Å². The number of hydrogen-bond donors (Lipinski definition) is 0. The van der Waals surface area contributed by atoms with Crippen molar-refractivity contribution in [1.29, 1.82) is 0 Å². The number of sulfonamides is 1. The molecular formula is C20H33N5O4S. The van der Waals surface area contributed by atoms with E-state index in [1.165, 1.54) is 10.5 Å². The lowest BCUT2D eigenvalue weighted by Crippen LogP contribution is -2.50. The molecule has 10 heteroatoms. The summed E-state index contributed by atoms with van der Waals surface area (Å²) in [6, 6.07) is 3.79. The monoisotopic (exact) mass is 439 g/mol. The van der Waals surface area contributed by atoms with Crippen molar-refractivity contribution >= 4 is 16.1 Å². The predicted octanol–water partition coefficient (Wildman–Crippen LogP) is 0.939. The summed E-state index contributed by atoms with van der Waals surface area (Å²) in [4.78, 5) is 22.4. The van der Waals surface area contributed by atoms with Gasteiger partial charge in [-0.25, -0.2) is 13.2 Å². The number of aromatic nitrogens is 1. The maximum absolute atomic E-state index is 12.8. The zero-order valence-electron chi connectivity index (χ0n) is 18.1. The molecule has 168 valence electrons. The van der Waals surface area contributed by atoms with E-state index in [-0.39, 0.29) is 17.0 Å². The highest BCUT2D eigenvalue weighted by Crippen LogP contribution is 2.24. The molecule has 0 aromatic carbocycles. The van der Waals surface area contributed by atoms with E-state index in [9.17, 15) is 13.2 Å². The van der Waals surface area contributed by atoms with Crippen molar-refractivity contribution in [1.82, 2.24) is 24.0 Å². The fourth-order valence-electron chi connectivity index (χ4n) is 4.21. The Hall–Kier alpha value is -1.75. The van der Waals surface area contributed by atoms with E-state index in [1.807, 2.05) is 4.90 Å². The van der Waals surface area contributed by atoms with Gasteiger partial charge in [-0.1, -0.05) is 0 Å². The molecule has 1 atom stereocenters. The summed E-state index contributed by atoms with van der Waals surface area (Å²) in [6.07, 6.45) is 5.70. The van der Waals surface area contributed by atoms with Crippen molar-refractivity contribution in [2.24, 2.45) is 0 Å². The van der Waals surface area contributed by atoms with Gasteiger partial charge in [0, 0.05) is 85.0 Å². The van der Waals surface area contributed by atoms with Gasteiger partial charge in [0.1, 0.15) is 4.90 Å². The standard InChI is InChI=1S/C20H33N5O4S/c1-22(2)20(26)24-10-6-18(16-24)25(17-7-13-29-14-8-17)12-11-23(3)30(27,28)19-5-4-9-21-15-19/h4-5,9,15,17-18H,6-8,10-14,16H2,1-3H3. The molecule has 3 heterocycles. The van der Waals surface area contributed by atoms with Crippen LogP contribution in [0.1, 0.15) is 19.3 Å². The van der Waals surface area contributed by atoms with Gasteiger partial charge in [-0.3, -0.25) is 9.88 Å². The minimum absolute atomic E-state index is 0.0284. The summed E-state index contributed by atoms with van der Waals surface area (Å²) >= 11 is 0. The fourth-order valence-corrected chi connectivity index (χ4v) is 5.33.